The third-order valence-corrected chi connectivity index (χ3v) is 12.1. The van der Waals surface area contributed by atoms with Gasteiger partial charge >= 0.3 is 0 Å². The third-order valence-electron chi connectivity index (χ3n) is 5.73. The van der Waals surface area contributed by atoms with Crippen LogP contribution in [0, 0.1) is 11.8 Å². The molecule has 0 saturated heterocycles. The SMILES string of the molecule is CC(=CC(C)C)C(C)=CC(C)C.CC(C)(C)P(=NC1=CC=CC1)(C(C)(C)C)C(C)(C)C.[Ti]. The summed E-state index contributed by atoms with van der Waals surface area (Å²) in [6.07, 6.45) is 12.2. The van der Waals surface area contributed by atoms with E-state index in [9.17, 15) is 0 Å². The van der Waals surface area contributed by atoms with Crippen molar-refractivity contribution >= 4 is 7.05 Å². The van der Waals surface area contributed by atoms with E-state index in [1.807, 2.05) is 0 Å². The summed E-state index contributed by atoms with van der Waals surface area (Å²) in [5, 5.41) is 0.646. The maximum Gasteiger partial charge on any atom is 0.0425 e. The Morgan fingerprint density at radius 2 is 1.12 bits per heavy atom. The maximum atomic E-state index is 5.43. The van der Waals surface area contributed by atoms with E-state index < -0.39 is 7.05 Å². The topological polar surface area (TPSA) is 12.4 Å². The van der Waals surface area contributed by atoms with Crippen LogP contribution >= 0.6 is 7.05 Å². The summed E-state index contributed by atoms with van der Waals surface area (Å²) < 4.78 is 5.43. The second-order valence-corrected chi connectivity index (χ2v) is 18.2. The van der Waals surface area contributed by atoms with Gasteiger partial charge in [0.2, 0.25) is 0 Å². The average molecular weight is 496 g/mol. The number of rotatable bonds is 4. The van der Waals surface area contributed by atoms with Gasteiger partial charge in [-0.2, -0.15) is 0 Å². The Balaban J connectivity index is 0. The molecule has 0 amide bonds. The standard InChI is InChI=1S/C17H32NP.C12H22.Ti/c1-15(2,3)19(16(4,5)6,17(7,8)9)18-14-12-10-11-13-14;1-9(2)7-11(5)12(6)8-10(3)4;/h10-12H,13H2,1-9H3;7-10H,1-6H3;. The zero-order chi connectivity index (χ0) is 24.8. The summed E-state index contributed by atoms with van der Waals surface area (Å²) >= 11 is 0. The zero-order valence-electron chi connectivity index (χ0n) is 24.1. The van der Waals surface area contributed by atoms with Crippen molar-refractivity contribution in [3.8, 4) is 0 Å². The fourth-order valence-corrected chi connectivity index (χ4v) is 12.9. The van der Waals surface area contributed by atoms with Crippen molar-refractivity contribution in [1.29, 1.82) is 0 Å². The van der Waals surface area contributed by atoms with E-state index in [1.165, 1.54) is 16.8 Å². The molecule has 0 aliphatic heterocycles. The molecular weight excluding hydrogens is 441 g/mol. The molecule has 0 aromatic heterocycles. The smallest absolute Gasteiger partial charge is 0.0425 e. The number of hydrogen-bond donors (Lipinski definition) is 0. The monoisotopic (exact) mass is 495 g/mol. The van der Waals surface area contributed by atoms with E-state index in [0.717, 1.165) is 6.42 Å². The van der Waals surface area contributed by atoms with Gasteiger partial charge in [0.25, 0.3) is 0 Å². The van der Waals surface area contributed by atoms with Gasteiger partial charge in [0.05, 0.1) is 0 Å². The molecule has 0 saturated carbocycles. The van der Waals surface area contributed by atoms with Gasteiger partial charge in [-0.05, 0) is 54.3 Å². The molecule has 0 bridgehead atoms. The Bertz CT molecular complexity index is 690. The van der Waals surface area contributed by atoms with Gasteiger partial charge in [-0.25, -0.2) is 0 Å². The largest absolute Gasteiger partial charge is 0.270 e. The minimum absolute atomic E-state index is 0. The maximum absolute atomic E-state index is 5.43. The molecule has 1 aliphatic carbocycles. The Kier molecular flexibility index (Phi) is 14.0. The van der Waals surface area contributed by atoms with Crippen molar-refractivity contribution in [2.24, 2.45) is 16.6 Å². The van der Waals surface area contributed by atoms with Crippen LogP contribution in [0.4, 0.5) is 0 Å². The van der Waals surface area contributed by atoms with Gasteiger partial charge < -0.3 is 0 Å². The summed E-state index contributed by atoms with van der Waals surface area (Å²) in [5.74, 6) is 1.31. The first kappa shape index (κ1) is 34.1. The van der Waals surface area contributed by atoms with Crippen molar-refractivity contribution in [3.05, 3.63) is 47.2 Å². The zero-order valence-corrected chi connectivity index (χ0v) is 26.6. The van der Waals surface area contributed by atoms with Crippen molar-refractivity contribution in [2.45, 2.75) is 126 Å². The van der Waals surface area contributed by atoms with E-state index in [1.54, 1.807) is 0 Å². The number of hydrogen-bond acceptors (Lipinski definition) is 1. The van der Waals surface area contributed by atoms with Crippen LogP contribution in [0.15, 0.2) is 52.0 Å². The normalized spacial score (nSPS) is 16.0. The first-order valence-electron chi connectivity index (χ1n) is 12.1. The molecule has 0 atom stereocenters. The fraction of sp³-hybridized carbons (Fsp3) is 0.724. The Hall–Kier alpha value is -0.0957. The van der Waals surface area contributed by atoms with Crippen LogP contribution in [0.2, 0.25) is 0 Å². The van der Waals surface area contributed by atoms with Gasteiger partial charge in [-0.1, -0.05) is 125 Å². The molecule has 0 spiro atoms. The average Bonchev–Trinajstić information content (AvgIpc) is 3.01. The Morgan fingerprint density at radius 3 is 1.34 bits per heavy atom. The molecule has 0 aromatic carbocycles. The third kappa shape index (κ3) is 9.64. The number of allylic oxidation sites excluding steroid dienone is 7. The summed E-state index contributed by atoms with van der Waals surface area (Å²) in [6, 6.07) is 0. The van der Waals surface area contributed by atoms with Crippen LogP contribution in [-0.2, 0) is 21.7 Å². The van der Waals surface area contributed by atoms with Crippen molar-refractivity contribution in [1.82, 2.24) is 0 Å². The van der Waals surface area contributed by atoms with Crippen LogP contribution in [0.5, 0.6) is 0 Å². The molecule has 0 aromatic rings. The molecule has 3 heteroatoms. The van der Waals surface area contributed by atoms with Gasteiger partial charge in [0.1, 0.15) is 0 Å². The molecule has 0 unspecified atom stereocenters. The van der Waals surface area contributed by atoms with Crippen molar-refractivity contribution in [3.63, 3.8) is 0 Å². The minimum atomic E-state index is -1.58. The summed E-state index contributed by atoms with van der Waals surface area (Å²) in [5.41, 5.74) is 4.10. The summed E-state index contributed by atoms with van der Waals surface area (Å²) in [7, 11) is -1.58. The Morgan fingerprint density at radius 1 is 0.781 bits per heavy atom. The van der Waals surface area contributed by atoms with Gasteiger partial charge in [0.15, 0.2) is 0 Å². The van der Waals surface area contributed by atoms with Crippen LogP contribution < -0.4 is 0 Å². The van der Waals surface area contributed by atoms with Crippen LogP contribution in [-0.4, -0.2) is 15.5 Å². The second kappa shape index (κ2) is 13.1. The van der Waals surface area contributed by atoms with Crippen molar-refractivity contribution in [2.75, 3.05) is 0 Å². The molecule has 0 N–H and O–H groups in total. The predicted octanol–water partition coefficient (Wildman–Crippen LogP) is 10.6. The van der Waals surface area contributed by atoms with Gasteiger partial charge in [0, 0.05) is 33.8 Å². The van der Waals surface area contributed by atoms with E-state index >= 15 is 0 Å². The molecule has 32 heavy (non-hydrogen) atoms. The van der Waals surface area contributed by atoms with E-state index in [4.69, 9.17) is 4.74 Å². The quantitative estimate of drug-likeness (QED) is 0.209. The first-order chi connectivity index (χ1) is 13.8. The predicted molar refractivity (Wildman–Crippen MR) is 148 cm³/mol. The molecule has 1 nitrogen and oxygen atoms in total. The van der Waals surface area contributed by atoms with Crippen molar-refractivity contribution < 1.29 is 21.7 Å². The van der Waals surface area contributed by atoms with Crippen LogP contribution in [0.25, 0.3) is 0 Å². The number of nitrogens with zero attached hydrogens (tertiary/aromatic N) is 1. The molecule has 0 fully saturated rings. The minimum Gasteiger partial charge on any atom is -0.270 e. The molecule has 1 rings (SSSR count). The van der Waals surface area contributed by atoms with E-state index in [-0.39, 0.29) is 37.2 Å². The van der Waals surface area contributed by atoms with E-state index in [2.05, 4.69) is 134 Å². The van der Waals surface area contributed by atoms with Gasteiger partial charge in [-0.3, -0.25) is 4.74 Å². The molecule has 0 heterocycles. The molecular formula is C29H54NPTi. The second-order valence-electron chi connectivity index (χ2n) is 12.7. The van der Waals surface area contributed by atoms with Gasteiger partial charge in [-0.15, -0.1) is 0 Å². The molecule has 1 aliphatic rings. The fourth-order valence-electron chi connectivity index (χ4n) is 5.43. The van der Waals surface area contributed by atoms with Crippen LogP contribution in [0.1, 0.15) is 110 Å². The molecule has 184 valence electrons. The first-order valence-corrected chi connectivity index (χ1v) is 13.9. The van der Waals surface area contributed by atoms with E-state index in [0.29, 0.717) is 11.8 Å². The van der Waals surface area contributed by atoms with Crippen LogP contribution in [0.3, 0.4) is 0 Å². The Labute approximate surface area is 217 Å². The summed E-state index contributed by atoms with van der Waals surface area (Å²) in [4.78, 5) is 0. The summed E-state index contributed by atoms with van der Waals surface area (Å²) in [6.45, 7) is 34.6. The molecule has 0 radical (unpaired) electrons.